The van der Waals surface area contributed by atoms with Crippen molar-refractivity contribution in [2.45, 2.75) is 39.7 Å². The predicted molar refractivity (Wildman–Crippen MR) is 59.3 cm³/mol. The molecule has 3 amide bonds. The monoisotopic (exact) mass is 215 g/mol. The highest BCUT2D eigenvalue weighted by Crippen LogP contribution is 1.98. The molecular weight excluding hydrogens is 194 g/mol. The normalized spacial score (nSPS) is 10.2. The van der Waals surface area contributed by atoms with E-state index in [2.05, 4.69) is 5.32 Å². The molecule has 0 atom stereocenters. The van der Waals surface area contributed by atoms with Crippen LogP contribution in [-0.4, -0.2) is 36.0 Å². The third-order valence-corrected chi connectivity index (χ3v) is 2.29. The van der Waals surface area contributed by atoms with Gasteiger partial charge in [-0.15, -0.1) is 0 Å². The first-order valence-corrected chi connectivity index (χ1v) is 5.35. The van der Waals surface area contributed by atoms with Gasteiger partial charge in [0.2, 0.25) is 5.91 Å². The fraction of sp³-hybridized carbons (Fsp3) is 0.800. The van der Waals surface area contributed by atoms with Crippen molar-refractivity contribution in [2.24, 2.45) is 5.73 Å². The van der Waals surface area contributed by atoms with Gasteiger partial charge in [0.15, 0.2) is 0 Å². The van der Waals surface area contributed by atoms with Crippen LogP contribution in [0.15, 0.2) is 0 Å². The molecule has 3 N–H and O–H groups in total. The Morgan fingerprint density at radius 2 is 1.87 bits per heavy atom. The average Bonchev–Trinajstić information content (AvgIpc) is 2.21. The van der Waals surface area contributed by atoms with E-state index in [4.69, 9.17) is 5.73 Å². The zero-order valence-corrected chi connectivity index (χ0v) is 9.75. The lowest BCUT2D eigenvalue weighted by molar-refractivity contribution is -0.125. The number of hydrogen-bond acceptors (Lipinski definition) is 3. The molecule has 0 rings (SSSR count). The number of nitrogens with two attached hydrogens (primary N) is 1. The molecule has 0 heterocycles. The molecule has 0 spiro atoms. The van der Waals surface area contributed by atoms with E-state index in [9.17, 15) is 9.59 Å². The standard InChI is InChI=1S/C10H21N3O2/c1-4-9(5-2)12-10(15)13(7-6-11)8(3)14/h9H,4-7,11H2,1-3H3,(H,12,15). The van der Waals surface area contributed by atoms with Crippen molar-refractivity contribution in [3.05, 3.63) is 0 Å². The van der Waals surface area contributed by atoms with E-state index in [-0.39, 0.29) is 31.1 Å². The Bertz CT molecular complexity index is 215. The Kier molecular flexibility index (Phi) is 6.70. The summed E-state index contributed by atoms with van der Waals surface area (Å²) in [6.07, 6.45) is 1.72. The number of carbonyl (C=O) groups is 2. The number of nitrogens with zero attached hydrogens (tertiary/aromatic N) is 1. The third kappa shape index (κ3) is 4.78. The zero-order chi connectivity index (χ0) is 11.8. The average molecular weight is 215 g/mol. The van der Waals surface area contributed by atoms with E-state index in [0.29, 0.717) is 0 Å². The molecule has 0 aromatic carbocycles. The van der Waals surface area contributed by atoms with Gasteiger partial charge < -0.3 is 11.1 Å². The molecule has 0 aliphatic heterocycles. The summed E-state index contributed by atoms with van der Waals surface area (Å²) in [4.78, 5) is 23.9. The molecule has 0 saturated carbocycles. The quantitative estimate of drug-likeness (QED) is 0.708. The number of nitrogens with one attached hydrogen (secondary N) is 1. The Balaban J connectivity index is 4.30. The number of urea groups is 1. The third-order valence-electron chi connectivity index (χ3n) is 2.29. The summed E-state index contributed by atoms with van der Waals surface area (Å²) < 4.78 is 0. The summed E-state index contributed by atoms with van der Waals surface area (Å²) in [6, 6.07) is -0.223. The van der Waals surface area contributed by atoms with Gasteiger partial charge in [-0.3, -0.25) is 9.69 Å². The topological polar surface area (TPSA) is 75.4 Å². The van der Waals surface area contributed by atoms with Crippen LogP contribution in [0.2, 0.25) is 0 Å². The summed E-state index contributed by atoms with van der Waals surface area (Å²) in [5.74, 6) is -0.274. The molecule has 5 heteroatoms. The minimum absolute atomic E-state index is 0.122. The molecule has 0 aliphatic carbocycles. The lowest BCUT2D eigenvalue weighted by atomic mass is 10.2. The second kappa shape index (κ2) is 7.23. The van der Waals surface area contributed by atoms with Gasteiger partial charge in [-0.25, -0.2) is 4.79 Å². The summed E-state index contributed by atoms with van der Waals surface area (Å²) in [7, 11) is 0. The van der Waals surface area contributed by atoms with E-state index >= 15 is 0 Å². The van der Waals surface area contributed by atoms with Crippen LogP contribution in [0.1, 0.15) is 33.6 Å². The number of rotatable bonds is 5. The van der Waals surface area contributed by atoms with Gasteiger partial charge in [-0.05, 0) is 12.8 Å². The first-order chi connectivity index (χ1) is 7.06. The van der Waals surface area contributed by atoms with Crippen molar-refractivity contribution in [1.29, 1.82) is 0 Å². The van der Waals surface area contributed by atoms with Gasteiger partial charge in [0.05, 0.1) is 0 Å². The minimum atomic E-state index is -0.346. The van der Waals surface area contributed by atoms with Gasteiger partial charge in [-0.2, -0.15) is 0 Å². The first kappa shape index (κ1) is 13.9. The van der Waals surface area contributed by atoms with E-state index in [1.807, 2.05) is 13.8 Å². The summed E-state index contributed by atoms with van der Waals surface area (Å²) in [5.41, 5.74) is 5.33. The molecule has 88 valence electrons. The molecule has 0 radical (unpaired) electrons. The largest absolute Gasteiger partial charge is 0.335 e. The van der Waals surface area contributed by atoms with Crippen molar-refractivity contribution in [2.75, 3.05) is 13.1 Å². The number of carbonyl (C=O) groups excluding carboxylic acids is 2. The molecule has 0 aliphatic rings. The van der Waals surface area contributed by atoms with Crippen LogP contribution in [0.25, 0.3) is 0 Å². The van der Waals surface area contributed by atoms with Crippen molar-refractivity contribution in [3.8, 4) is 0 Å². The molecule has 5 nitrogen and oxygen atoms in total. The van der Waals surface area contributed by atoms with Crippen LogP contribution in [0.4, 0.5) is 4.79 Å². The Hall–Kier alpha value is -1.10. The Morgan fingerprint density at radius 1 is 1.33 bits per heavy atom. The predicted octanol–water partition coefficient (Wildman–Crippen LogP) is 0.692. The molecule has 0 unspecified atom stereocenters. The number of imide groups is 1. The van der Waals surface area contributed by atoms with E-state index in [0.717, 1.165) is 17.7 Å². The molecule has 0 aromatic rings. The SMILES string of the molecule is CCC(CC)NC(=O)N(CCN)C(C)=O. The first-order valence-electron chi connectivity index (χ1n) is 5.35. The van der Waals surface area contributed by atoms with Crippen LogP contribution in [-0.2, 0) is 4.79 Å². The van der Waals surface area contributed by atoms with Gasteiger partial charge in [0.25, 0.3) is 0 Å². The summed E-state index contributed by atoms with van der Waals surface area (Å²) in [5, 5.41) is 2.79. The van der Waals surface area contributed by atoms with Crippen molar-refractivity contribution < 1.29 is 9.59 Å². The lowest BCUT2D eigenvalue weighted by Gasteiger charge is -2.22. The number of hydrogen-bond donors (Lipinski definition) is 2. The van der Waals surface area contributed by atoms with Gasteiger partial charge >= 0.3 is 6.03 Å². The zero-order valence-electron chi connectivity index (χ0n) is 9.75. The summed E-state index contributed by atoms with van der Waals surface area (Å²) >= 11 is 0. The van der Waals surface area contributed by atoms with E-state index in [1.165, 1.54) is 6.92 Å². The fourth-order valence-corrected chi connectivity index (χ4v) is 1.28. The van der Waals surface area contributed by atoms with Crippen LogP contribution in [0, 0.1) is 0 Å². The molecule has 0 fully saturated rings. The smallest absolute Gasteiger partial charge is 0.324 e. The van der Waals surface area contributed by atoms with Gasteiger partial charge in [0.1, 0.15) is 0 Å². The fourth-order valence-electron chi connectivity index (χ4n) is 1.28. The number of amides is 3. The molecule has 0 saturated heterocycles. The highest BCUT2D eigenvalue weighted by Gasteiger charge is 2.18. The van der Waals surface area contributed by atoms with Crippen LogP contribution in [0.3, 0.4) is 0 Å². The maximum atomic E-state index is 11.6. The second-order valence-electron chi connectivity index (χ2n) is 3.42. The van der Waals surface area contributed by atoms with Crippen LogP contribution >= 0.6 is 0 Å². The van der Waals surface area contributed by atoms with Crippen LogP contribution < -0.4 is 11.1 Å². The van der Waals surface area contributed by atoms with Crippen molar-refractivity contribution in [1.82, 2.24) is 10.2 Å². The van der Waals surface area contributed by atoms with Gasteiger partial charge in [0, 0.05) is 26.1 Å². The van der Waals surface area contributed by atoms with E-state index < -0.39 is 0 Å². The van der Waals surface area contributed by atoms with E-state index in [1.54, 1.807) is 0 Å². The molecule has 15 heavy (non-hydrogen) atoms. The Labute approximate surface area is 91.0 Å². The maximum Gasteiger partial charge on any atom is 0.324 e. The Morgan fingerprint density at radius 3 is 2.20 bits per heavy atom. The second-order valence-corrected chi connectivity index (χ2v) is 3.42. The van der Waals surface area contributed by atoms with Crippen molar-refractivity contribution in [3.63, 3.8) is 0 Å². The summed E-state index contributed by atoms with van der Waals surface area (Å²) in [6.45, 7) is 5.91. The minimum Gasteiger partial charge on any atom is -0.335 e. The lowest BCUT2D eigenvalue weighted by Crippen LogP contribution is -2.48. The molecule has 0 aromatic heterocycles. The molecular formula is C10H21N3O2. The van der Waals surface area contributed by atoms with Crippen LogP contribution in [0.5, 0.6) is 0 Å². The molecule has 0 bridgehead atoms. The van der Waals surface area contributed by atoms with Crippen molar-refractivity contribution >= 4 is 11.9 Å². The maximum absolute atomic E-state index is 11.6. The highest BCUT2D eigenvalue weighted by molar-refractivity contribution is 5.93. The highest BCUT2D eigenvalue weighted by atomic mass is 16.2. The van der Waals surface area contributed by atoms with Gasteiger partial charge in [-0.1, -0.05) is 13.8 Å².